The summed E-state index contributed by atoms with van der Waals surface area (Å²) in [7, 11) is 0. The van der Waals surface area contributed by atoms with E-state index in [0.717, 1.165) is 6.42 Å². The fraction of sp³-hybridized carbons (Fsp3) is 0.316. The zero-order valence-corrected chi connectivity index (χ0v) is 15.7. The molecule has 28 heavy (non-hydrogen) atoms. The number of aromatic nitrogens is 2. The first kappa shape index (κ1) is 18.5. The summed E-state index contributed by atoms with van der Waals surface area (Å²) in [5, 5.41) is 9.75. The number of likely N-dealkylation sites (tertiary alicyclic amines) is 1. The minimum absolute atomic E-state index is 0.119. The van der Waals surface area contributed by atoms with Crippen molar-refractivity contribution >= 4 is 34.7 Å². The van der Waals surface area contributed by atoms with Crippen LogP contribution in [0.5, 0.6) is 0 Å². The van der Waals surface area contributed by atoms with Crippen LogP contribution in [-0.4, -0.2) is 50.3 Å². The molecule has 1 fully saturated rings. The van der Waals surface area contributed by atoms with E-state index in [2.05, 4.69) is 4.98 Å². The molecule has 1 unspecified atom stereocenters. The van der Waals surface area contributed by atoms with Gasteiger partial charge in [-0.05, 0) is 36.6 Å². The number of amides is 1. The molecule has 1 amide bonds. The molecule has 0 spiro atoms. The van der Waals surface area contributed by atoms with E-state index in [1.807, 2.05) is 0 Å². The summed E-state index contributed by atoms with van der Waals surface area (Å²) in [5.74, 6) is -0.232. The van der Waals surface area contributed by atoms with E-state index in [1.54, 1.807) is 27.7 Å². The van der Waals surface area contributed by atoms with Crippen LogP contribution in [0.2, 0.25) is 0 Å². The third kappa shape index (κ3) is 3.75. The van der Waals surface area contributed by atoms with Crippen LogP contribution in [0.1, 0.15) is 17.0 Å². The van der Waals surface area contributed by atoms with Gasteiger partial charge in [-0.2, -0.15) is 0 Å². The quantitative estimate of drug-likeness (QED) is 0.636. The molecular weight excluding hydrogens is 385 g/mol. The Bertz CT molecular complexity index is 1020. The first-order valence-electron chi connectivity index (χ1n) is 8.84. The summed E-state index contributed by atoms with van der Waals surface area (Å²) in [6.07, 6.45) is 2.33. The number of benzene rings is 1. The molecule has 1 N–H and O–H groups in total. The van der Waals surface area contributed by atoms with Crippen molar-refractivity contribution in [3.05, 3.63) is 48.2 Å². The van der Waals surface area contributed by atoms with Crippen molar-refractivity contribution in [2.75, 3.05) is 18.8 Å². The molecule has 0 bridgehead atoms. The van der Waals surface area contributed by atoms with E-state index >= 15 is 0 Å². The number of nitrogens with zero attached hydrogens (tertiary/aromatic N) is 3. The van der Waals surface area contributed by atoms with Crippen LogP contribution in [0.25, 0.3) is 11.0 Å². The van der Waals surface area contributed by atoms with Gasteiger partial charge in [0, 0.05) is 24.9 Å². The molecule has 9 heteroatoms. The van der Waals surface area contributed by atoms with E-state index in [4.69, 9.17) is 4.42 Å². The standard InChI is InChI=1S/C19H18FN3O4S/c20-13-3-4-15-14(8-13)21-19(23(15)10-17(24)25)28-11-12-5-6-22(9-12)18(26)16-2-1-7-27-16/h1-4,7-8,12H,5-6,9-11H2,(H,24,25). The van der Waals surface area contributed by atoms with Crippen molar-refractivity contribution in [3.8, 4) is 0 Å². The Hall–Kier alpha value is -2.81. The number of fused-ring (bicyclic) bond motifs is 1. The van der Waals surface area contributed by atoms with Crippen molar-refractivity contribution in [2.45, 2.75) is 18.1 Å². The Morgan fingerprint density at radius 2 is 2.21 bits per heavy atom. The van der Waals surface area contributed by atoms with E-state index in [-0.39, 0.29) is 18.4 Å². The largest absolute Gasteiger partial charge is 0.480 e. The third-order valence-corrected chi connectivity index (χ3v) is 5.93. The molecule has 3 heterocycles. The molecule has 7 nitrogen and oxygen atoms in total. The number of hydrogen-bond donors (Lipinski definition) is 1. The first-order valence-corrected chi connectivity index (χ1v) is 9.83. The molecule has 2 aromatic heterocycles. The summed E-state index contributed by atoms with van der Waals surface area (Å²) < 4.78 is 20.2. The number of aliphatic carboxylic acids is 1. The fourth-order valence-corrected chi connectivity index (χ4v) is 4.52. The number of carbonyl (C=O) groups excluding carboxylic acids is 1. The normalized spacial score (nSPS) is 16.8. The summed E-state index contributed by atoms with van der Waals surface area (Å²) in [5.41, 5.74) is 1.03. The second-order valence-corrected chi connectivity index (χ2v) is 7.69. The Morgan fingerprint density at radius 1 is 1.36 bits per heavy atom. The Morgan fingerprint density at radius 3 is 2.96 bits per heavy atom. The highest BCUT2D eigenvalue weighted by molar-refractivity contribution is 7.99. The average Bonchev–Trinajstić information content (AvgIpc) is 3.40. The van der Waals surface area contributed by atoms with Gasteiger partial charge in [-0.1, -0.05) is 11.8 Å². The van der Waals surface area contributed by atoms with Crippen molar-refractivity contribution in [2.24, 2.45) is 5.92 Å². The van der Waals surface area contributed by atoms with Crippen LogP contribution >= 0.6 is 11.8 Å². The maximum Gasteiger partial charge on any atom is 0.323 e. The SMILES string of the molecule is O=C(O)Cn1c(SCC2CCN(C(=O)c3ccco3)C2)nc2cc(F)ccc21. The molecule has 3 aromatic rings. The fourth-order valence-electron chi connectivity index (χ4n) is 3.38. The molecule has 0 saturated carbocycles. The predicted molar refractivity (Wildman–Crippen MR) is 101 cm³/mol. The van der Waals surface area contributed by atoms with Gasteiger partial charge in [0.2, 0.25) is 0 Å². The smallest absolute Gasteiger partial charge is 0.323 e. The maximum atomic E-state index is 13.5. The van der Waals surface area contributed by atoms with Gasteiger partial charge in [-0.25, -0.2) is 9.37 Å². The highest BCUT2D eigenvalue weighted by Crippen LogP contribution is 2.29. The summed E-state index contributed by atoms with van der Waals surface area (Å²) in [4.78, 5) is 29.8. The number of imidazole rings is 1. The van der Waals surface area contributed by atoms with E-state index < -0.39 is 11.8 Å². The highest BCUT2D eigenvalue weighted by Gasteiger charge is 2.28. The third-order valence-electron chi connectivity index (χ3n) is 4.72. The molecule has 4 rings (SSSR count). The van der Waals surface area contributed by atoms with Gasteiger partial charge in [0.05, 0.1) is 17.3 Å². The van der Waals surface area contributed by atoms with Gasteiger partial charge in [0.1, 0.15) is 12.4 Å². The van der Waals surface area contributed by atoms with Gasteiger partial charge in [0.25, 0.3) is 5.91 Å². The second kappa shape index (κ2) is 7.67. The number of halogens is 1. The first-order chi connectivity index (χ1) is 13.5. The number of carbonyl (C=O) groups is 2. The van der Waals surface area contributed by atoms with Crippen LogP contribution in [0.15, 0.2) is 46.2 Å². The van der Waals surface area contributed by atoms with Gasteiger partial charge in [-0.3, -0.25) is 9.59 Å². The zero-order valence-electron chi connectivity index (χ0n) is 14.9. The number of hydrogen-bond acceptors (Lipinski definition) is 5. The maximum absolute atomic E-state index is 13.5. The summed E-state index contributed by atoms with van der Waals surface area (Å²) >= 11 is 1.43. The van der Waals surface area contributed by atoms with Crippen molar-refractivity contribution < 1.29 is 23.5 Å². The number of rotatable bonds is 6. The molecule has 1 atom stereocenters. The number of thioether (sulfide) groups is 1. The topological polar surface area (TPSA) is 88.6 Å². The monoisotopic (exact) mass is 403 g/mol. The molecule has 1 aliphatic rings. The summed E-state index contributed by atoms with van der Waals surface area (Å²) in [6, 6.07) is 7.48. The van der Waals surface area contributed by atoms with Gasteiger partial charge < -0.3 is 19.0 Å². The average molecular weight is 403 g/mol. The highest BCUT2D eigenvalue weighted by atomic mass is 32.2. The lowest BCUT2D eigenvalue weighted by molar-refractivity contribution is -0.137. The molecule has 1 saturated heterocycles. The minimum Gasteiger partial charge on any atom is -0.480 e. The zero-order chi connectivity index (χ0) is 19.7. The van der Waals surface area contributed by atoms with Crippen LogP contribution < -0.4 is 0 Å². The molecule has 1 aromatic carbocycles. The van der Waals surface area contributed by atoms with Crippen LogP contribution in [0.4, 0.5) is 4.39 Å². The van der Waals surface area contributed by atoms with Gasteiger partial charge in [-0.15, -0.1) is 0 Å². The van der Waals surface area contributed by atoms with Crippen LogP contribution in [-0.2, 0) is 11.3 Å². The van der Waals surface area contributed by atoms with Gasteiger partial charge in [0.15, 0.2) is 10.9 Å². The number of furan rings is 1. The number of carboxylic acid groups (broad SMARTS) is 1. The Labute approximate surface area is 164 Å². The van der Waals surface area contributed by atoms with Gasteiger partial charge >= 0.3 is 5.97 Å². The van der Waals surface area contributed by atoms with E-state index in [9.17, 15) is 19.1 Å². The predicted octanol–water partition coefficient (Wildman–Crippen LogP) is 3.11. The molecule has 146 valence electrons. The Kier molecular flexibility index (Phi) is 5.08. The van der Waals surface area contributed by atoms with E-state index in [0.29, 0.717) is 40.8 Å². The van der Waals surface area contributed by atoms with Crippen LogP contribution in [0.3, 0.4) is 0 Å². The van der Waals surface area contributed by atoms with Crippen molar-refractivity contribution in [1.82, 2.24) is 14.5 Å². The lowest BCUT2D eigenvalue weighted by Gasteiger charge is -2.15. The van der Waals surface area contributed by atoms with Crippen molar-refractivity contribution in [3.63, 3.8) is 0 Å². The second-order valence-electron chi connectivity index (χ2n) is 6.70. The molecule has 0 aliphatic carbocycles. The van der Waals surface area contributed by atoms with Crippen molar-refractivity contribution in [1.29, 1.82) is 0 Å². The van der Waals surface area contributed by atoms with Crippen LogP contribution in [0, 0.1) is 11.7 Å². The lowest BCUT2D eigenvalue weighted by Crippen LogP contribution is -2.28. The molecule has 1 aliphatic heterocycles. The summed E-state index contributed by atoms with van der Waals surface area (Å²) in [6.45, 7) is 1.03. The van der Waals surface area contributed by atoms with E-state index in [1.165, 1.54) is 30.2 Å². The molecule has 0 radical (unpaired) electrons. The number of carboxylic acids is 1. The molecular formula is C19H18FN3O4S. The minimum atomic E-state index is -0.985. The lowest BCUT2D eigenvalue weighted by atomic mass is 10.2. The Balaban J connectivity index is 1.45.